The van der Waals surface area contributed by atoms with Crippen LogP contribution < -0.4 is 0 Å². The van der Waals surface area contributed by atoms with Gasteiger partial charge in [-0.2, -0.15) is 0 Å². The van der Waals surface area contributed by atoms with E-state index in [9.17, 15) is 0 Å². The highest BCUT2D eigenvalue weighted by atomic mass is 32.1. The minimum absolute atomic E-state index is 0.702. The maximum atomic E-state index is 5.33. The average molecular weight is 245 g/mol. The molecule has 1 aromatic heterocycles. The lowest BCUT2D eigenvalue weighted by molar-refractivity contribution is 0.323. The highest BCUT2D eigenvalue weighted by Crippen LogP contribution is 2.15. The first-order valence-electron chi connectivity index (χ1n) is 6.03. The van der Waals surface area contributed by atoms with E-state index in [0.717, 1.165) is 23.3 Å². The lowest BCUT2D eigenvalue weighted by Crippen LogP contribution is -2.20. The Labute approximate surface area is 105 Å². The van der Waals surface area contributed by atoms with E-state index in [4.69, 9.17) is 12.2 Å². The number of nitrogens with zero attached hydrogens (tertiary/aromatic N) is 2. The Bertz CT molecular complexity index is 584. The normalized spacial score (nSPS) is 16.7. The molecule has 1 saturated heterocycles. The number of hydrogen-bond donors (Lipinski definition) is 1. The molecule has 1 fully saturated rings. The predicted octanol–water partition coefficient (Wildman–Crippen LogP) is 2.89. The third kappa shape index (κ3) is 2.23. The van der Waals surface area contributed by atoms with Crippen LogP contribution in [0, 0.1) is 4.64 Å². The van der Waals surface area contributed by atoms with Gasteiger partial charge in [0.25, 0.3) is 0 Å². The fraction of sp³-hybridized carbons (Fsp3) is 0.385. The number of benzene rings is 1. The number of likely N-dealkylation sites (tertiary alicyclic amines) is 1. The zero-order valence-electron chi connectivity index (χ0n) is 9.65. The van der Waals surface area contributed by atoms with E-state index in [1.165, 1.54) is 25.9 Å². The largest absolute Gasteiger partial charge is 0.342 e. The van der Waals surface area contributed by atoms with Crippen molar-refractivity contribution in [2.45, 2.75) is 19.4 Å². The summed E-state index contributed by atoms with van der Waals surface area (Å²) in [6.45, 7) is 3.23. The van der Waals surface area contributed by atoms with Crippen LogP contribution in [0.15, 0.2) is 24.3 Å². The Morgan fingerprint density at radius 1 is 1.24 bits per heavy atom. The van der Waals surface area contributed by atoms with E-state index < -0.39 is 0 Å². The lowest BCUT2D eigenvalue weighted by atomic mass is 10.2. The topological polar surface area (TPSA) is 31.9 Å². The molecule has 0 amide bonds. The van der Waals surface area contributed by atoms with Gasteiger partial charge in [-0.1, -0.05) is 24.4 Å². The minimum Gasteiger partial charge on any atom is -0.342 e. The molecule has 88 valence electrons. The second-order valence-electron chi connectivity index (χ2n) is 4.52. The summed E-state index contributed by atoms with van der Waals surface area (Å²) in [6, 6.07) is 8.09. The van der Waals surface area contributed by atoms with E-state index in [2.05, 4.69) is 20.9 Å². The molecule has 17 heavy (non-hydrogen) atoms. The van der Waals surface area contributed by atoms with Crippen LogP contribution in [0.25, 0.3) is 10.9 Å². The summed E-state index contributed by atoms with van der Waals surface area (Å²) >= 11 is 5.33. The summed E-state index contributed by atoms with van der Waals surface area (Å²) in [5.41, 5.74) is 1.08. The molecule has 1 aromatic carbocycles. The Morgan fingerprint density at radius 2 is 2.00 bits per heavy atom. The number of aromatic amines is 1. The van der Waals surface area contributed by atoms with E-state index >= 15 is 0 Å². The second-order valence-corrected chi connectivity index (χ2v) is 4.90. The van der Waals surface area contributed by atoms with Crippen molar-refractivity contribution < 1.29 is 0 Å². The van der Waals surface area contributed by atoms with Gasteiger partial charge >= 0.3 is 0 Å². The van der Waals surface area contributed by atoms with Crippen LogP contribution in [0.2, 0.25) is 0 Å². The zero-order valence-corrected chi connectivity index (χ0v) is 10.5. The van der Waals surface area contributed by atoms with Crippen LogP contribution in [-0.4, -0.2) is 28.0 Å². The maximum absolute atomic E-state index is 5.33. The summed E-state index contributed by atoms with van der Waals surface area (Å²) in [4.78, 5) is 10.3. The highest BCUT2D eigenvalue weighted by molar-refractivity contribution is 7.71. The number of rotatable bonds is 2. The molecule has 0 radical (unpaired) electrons. The average Bonchev–Trinajstić information content (AvgIpc) is 2.82. The van der Waals surface area contributed by atoms with Gasteiger partial charge < -0.3 is 4.98 Å². The Morgan fingerprint density at radius 3 is 2.82 bits per heavy atom. The quantitative estimate of drug-likeness (QED) is 0.826. The van der Waals surface area contributed by atoms with Crippen molar-refractivity contribution in [2.24, 2.45) is 0 Å². The third-order valence-electron chi connectivity index (χ3n) is 3.24. The van der Waals surface area contributed by atoms with Gasteiger partial charge in [0.05, 0.1) is 6.54 Å². The number of hydrogen-bond acceptors (Lipinski definition) is 3. The molecule has 0 bridgehead atoms. The minimum atomic E-state index is 0.702. The lowest BCUT2D eigenvalue weighted by Gasteiger charge is -2.14. The molecule has 3 rings (SSSR count). The molecule has 1 aliphatic rings. The first kappa shape index (κ1) is 10.9. The molecule has 0 atom stereocenters. The molecule has 4 heteroatoms. The van der Waals surface area contributed by atoms with Crippen molar-refractivity contribution >= 4 is 23.1 Å². The molecule has 0 aliphatic carbocycles. The van der Waals surface area contributed by atoms with Crippen molar-refractivity contribution in [2.75, 3.05) is 13.1 Å². The summed E-state index contributed by atoms with van der Waals surface area (Å²) in [5, 5.41) is 1.03. The Hall–Kier alpha value is -1.26. The fourth-order valence-corrected chi connectivity index (χ4v) is 2.66. The van der Waals surface area contributed by atoms with Gasteiger partial charge in [0.15, 0.2) is 0 Å². The molecule has 2 aromatic rings. The number of aromatic nitrogens is 2. The Kier molecular flexibility index (Phi) is 2.91. The Balaban J connectivity index is 1.97. The predicted molar refractivity (Wildman–Crippen MR) is 71.4 cm³/mol. The molecule has 3 nitrogen and oxygen atoms in total. The van der Waals surface area contributed by atoms with Crippen molar-refractivity contribution in [3.05, 3.63) is 34.7 Å². The first-order valence-corrected chi connectivity index (χ1v) is 6.44. The smallest absolute Gasteiger partial charge is 0.137 e. The van der Waals surface area contributed by atoms with Crippen LogP contribution in [-0.2, 0) is 6.54 Å². The van der Waals surface area contributed by atoms with Gasteiger partial charge in [0.2, 0.25) is 0 Å². The van der Waals surface area contributed by atoms with E-state index in [-0.39, 0.29) is 0 Å². The molecule has 1 aliphatic heterocycles. The van der Waals surface area contributed by atoms with Gasteiger partial charge in [-0.3, -0.25) is 4.90 Å². The van der Waals surface area contributed by atoms with Crippen LogP contribution in [0.5, 0.6) is 0 Å². The van der Waals surface area contributed by atoms with Crippen molar-refractivity contribution in [3.8, 4) is 0 Å². The number of nitrogens with one attached hydrogen (secondary N) is 1. The van der Waals surface area contributed by atoms with Crippen LogP contribution in [0.3, 0.4) is 0 Å². The summed E-state index contributed by atoms with van der Waals surface area (Å²) in [7, 11) is 0. The summed E-state index contributed by atoms with van der Waals surface area (Å²) in [6.07, 6.45) is 2.60. The third-order valence-corrected chi connectivity index (χ3v) is 3.56. The van der Waals surface area contributed by atoms with Crippen molar-refractivity contribution in [3.63, 3.8) is 0 Å². The van der Waals surface area contributed by atoms with Crippen molar-refractivity contribution in [1.82, 2.24) is 14.9 Å². The van der Waals surface area contributed by atoms with Gasteiger partial charge in [-0.25, -0.2) is 4.98 Å². The zero-order chi connectivity index (χ0) is 11.7. The van der Waals surface area contributed by atoms with Gasteiger partial charge in [0, 0.05) is 10.9 Å². The number of fused-ring (bicyclic) bond motifs is 1. The van der Waals surface area contributed by atoms with Crippen LogP contribution in [0.1, 0.15) is 18.7 Å². The van der Waals surface area contributed by atoms with Crippen molar-refractivity contribution in [1.29, 1.82) is 0 Å². The van der Waals surface area contributed by atoms with E-state index in [1.807, 2.05) is 18.2 Å². The van der Waals surface area contributed by atoms with Gasteiger partial charge in [-0.15, -0.1) is 0 Å². The molecule has 0 unspecified atom stereocenters. The molecule has 2 heterocycles. The fourth-order valence-electron chi connectivity index (χ4n) is 2.37. The van der Waals surface area contributed by atoms with Gasteiger partial charge in [-0.05, 0) is 38.1 Å². The van der Waals surface area contributed by atoms with Crippen LogP contribution >= 0.6 is 12.2 Å². The standard InChI is InChI=1S/C13H15N3S/c17-13-10-5-1-2-6-11(10)14-12(15-13)9-16-7-3-4-8-16/h1-2,5-6H,3-4,7-9H2,(H,14,15,17). The van der Waals surface area contributed by atoms with E-state index in [1.54, 1.807) is 0 Å². The first-order chi connectivity index (χ1) is 8.33. The number of para-hydroxylation sites is 1. The maximum Gasteiger partial charge on any atom is 0.137 e. The monoisotopic (exact) mass is 245 g/mol. The molecule has 1 N–H and O–H groups in total. The molecule has 0 spiro atoms. The number of H-pyrrole nitrogens is 1. The summed E-state index contributed by atoms with van der Waals surface area (Å²) < 4.78 is 0.702. The molecular weight excluding hydrogens is 230 g/mol. The molecule has 0 saturated carbocycles. The SMILES string of the molecule is S=c1nc(CN2CCCC2)[nH]c2ccccc12. The van der Waals surface area contributed by atoms with Crippen LogP contribution in [0.4, 0.5) is 0 Å². The summed E-state index contributed by atoms with van der Waals surface area (Å²) in [5.74, 6) is 0.982. The van der Waals surface area contributed by atoms with E-state index in [0.29, 0.717) is 4.64 Å². The molecular formula is C13H15N3S. The highest BCUT2D eigenvalue weighted by Gasteiger charge is 2.13. The second kappa shape index (κ2) is 4.55. The van der Waals surface area contributed by atoms with Gasteiger partial charge in [0.1, 0.15) is 10.5 Å².